The quantitative estimate of drug-likeness (QED) is 0.752. The number of benzene rings is 1. The Morgan fingerprint density at radius 3 is 2.71 bits per heavy atom. The van der Waals surface area contributed by atoms with Crippen LogP contribution in [-0.2, 0) is 4.79 Å². The van der Waals surface area contributed by atoms with Gasteiger partial charge in [0.05, 0.1) is 5.02 Å². The summed E-state index contributed by atoms with van der Waals surface area (Å²) >= 11 is 11.7. The minimum absolute atomic E-state index is 0.287. The van der Waals surface area contributed by atoms with E-state index < -0.39 is 11.8 Å². The lowest BCUT2D eigenvalue weighted by Gasteiger charge is -2.09. The van der Waals surface area contributed by atoms with Gasteiger partial charge in [0.15, 0.2) is 6.61 Å². The van der Waals surface area contributed by atoms with E-state index in [2.05, 4.69) is 15.8 Å². The van der Waals surface area contributed by atoms with E-state index in [9.17, 15) is 9.59 Å². The van der Waals surface area contributed by atoms with Crippen molar-refractivity contribution in [3.8, 4) is 5.75 Å². The molecule has 2 rings (SSSR count). The van der Waals surface area contributed by atoms with Gasteiger partial charge < -0.3 is 9.72 Å². The predicted octanol–water partition coefficient (Wildman–Crippen LogP) is 2.16. The first kappa shape index (κ1) is 15.2. The zero-order valence-electron chi connectivity index (χ0n) is 10.7. The first-order chi connectivity index (χ1) is 10.1. The maximum Gasteiger partial charge on any atom is 0.286 e. The van der Waals surface area contributed by atoms with E-state index in [1.54, 1.807) is 30.5 Å². The summed E-state index contributed by atoms with van der Waals surface area (Å²) < 4.78 is 5.21. The number of halogens is 2. The van der Waals surface area contributed by atoms with E-state index in [0.717, 1.165) is 0 Å². The SMILES string of the molecule is O=C(COc1cc(Cl)ccc1Cl)NNC(=O)c1ccc[nH]1. The van der Waals surface area contributed by atoms with Crippen molar-refractivity contribution in [1.82, 2.24) is 15.8 Å². The van der Waals surface area contributed by atoms with Gasteiger partial charge in [0.25, 0.3) is 11.8 Å². The molecule has 1 heterocycles. The molecule has 8 heteroatoms. The number of hydrogen-bond donors (Lipinski definition) is 3. The van der Waals surface area contributed by atoms with Crippen LogP contribution in [0.15, 0.2) is 36.5 Å². The zero-order chi connectivity index (χ0) is 15.2. The Morgan fingerprint density at radius 1 is 1.19 bits per heavy atom. The van der Waals surface area contributed by atoms with E-state index in [0.29, 0.717) is 15.7 Å². The Kier molecular flexibility index (Phi) is 5.08. The van der Waals surface area contributed by atoms with Gasteiger partial charge in [-0.3, -0.25) is 20.4 Å². The van der Waals surface area contributed by atoms with Gasteiger partial charge in [-0.15, -0.1) is 0 Å². The number of aromatic amines is 1. The Balaban J connectivity index is 1.80. The van der Waals surface area contributed by atoms with Crippen LogP contribution in [0.25, 0.3) is 0 Å². The molecule has 0 aliphatic rings. The molecule has 0 atom stereocenters. The van der Waals surface area contributed by atoms with Crippen LogP contribution in [0, 0.1) is 0 Å². The second-order valence-corrected chi connectivity index (χ2v) is 4.79. The predicted molar refractivity (Wildman–Crippen MR) is 78.4 cm³/mol. The topological polar surface area (TPSA) is 83.2 Å². The number of hydrogen-bond acceptors (Lipinski definition) is 3. The molecule has 0 unspecified atom stereocenters. The van der Waals surface area contributed by atoms with Gasteiger partial charge in [-0.1, -0.05) is 23.2 Å². The lowest BCUT2D eigenvalue weighted by Crippen LogP contribution is -2.43. The standard InChI is InChI=1S/C13H11Cl2N3O3/c14-8-3-4-9(15)11(6-8)21-7-12(19)17-18-13(20)10-2-1-5-16-10/h1-6,16H,7H2,(H,17,19)(H,18,20). The summed E-state index contributed by atoms with van der Waals surface area (Å²) in [5, 5.41) is 0.775. The highest BCUT2D eigenvalue weighted by atomic mass is 35.5. The molecule has 0 saturated carbocycles. The number of carbonyl (C=O) groups is 2. The molecule has 0 aliphatic carbocycles. The smallest absolute Gasteiger partial charge is 0.286 e. The van der Waals surface area contributed by atoms with E-state index in [1.807, 2.05) is 0 Å². The molecule has 2 amide bonds. The summed E-state index contributed by atoms with van der Waals surface area (Å²) in [5.41, 5.74) is 4.78. The van der Waals surface area contributed by atoms with Gasteiger partial charge in [-0.05, 0) is 24.3 Å². The van der Waals surface area contributed by atoms with Crippen LogP contribution in [0.5, 0.6) is 5.75 Å². The number of nitrogens with one attached hydrogen (secondary N) is 3. The highest BCUT2D eigenvalue weighted by Gasteiger charge is 2.09. The first-order valence-corrected chi connectivity index (χ1v) is 6.62. The van der Waals surface area contributed by atoms with Gasteiger partial charge >= 0.3 is 0 Å². The lowest BCUT2D eigenvalue weighted by atomic mass is 10.3. The fourth-order valence-corrected chi connectivity index (χ4v) is 1.77. The third-order valence-electron chi connectivity index (χ3n) is 2.41. The third kappa shape index (κ3) is 4.40. The monoisotopic (exact) mass is 327 g/mol. The van der Waals surface area contributed by atoms with Crippen molar-refractivity contribution >= 4 is 35.0 Å². The molecule has 6 nitrogen and oxygen atoms in total. The van der Waals surface area contributed by atoms with Crippen molar-refractivity contribution in [2.24, 2.45) is 0 Å². The van der Waals surface area contributed by atoms with Crippen molar-refractivity contribution in [2.75, 3.05) is 6.61 Å². The van der Waals surface area contributed by atoms with Gasteiger partial charge in [0.2, 0.25) is 0 Å². The number of ether oxygens (including phenoxy) is 1. The summed E-state index contributed by atoms with van der Waals surface area (Å²) in [4.78, 5) is 25.8. The second kappa shape index (κ2) is 7.01. The molecule has 1 aromatic carbocycles. The molecule has 0 saturated heterocycles. The van der Waals surface area contributed by atoms with Crippen LogP contribution in [0.4, 0.5) is 0 Å². The molecule has 0 fully saturated rings. The fourth-order valence-electron chi connectivity index (χ4n) is 1.43. The first-order valence-electron chi connectivity index (χ1n) is 5.86. The van der Waals surface area contributed by atoms with Crippen LogP contribution in [-0.4, -0.2) is 23.4 Å². The fraction of sp³-hybridized carbons (Fsp3) is 0.0769. The van der Waals surface area contributed by atoms with E-state index in [-0.39, 0.29) is 12.4 Å². The minimum Gasteiger partial charge on any atom is -0.482 e. The highest BCUT2D eigenvalue weighted by molar-refractivity contribution is 6.34. The minimum atomic E-state index is -0.536. The summed E-state index contributed by atoms with van der Waals surface area (Å²) in [5.74, 6) is -0.713. The Hall–Kier alpha value is -2.18. The van der Waals surface area contributed by atoms with Crippen LogP contribution in [0.3, 0.4) is 0 Å². The molecular weight excluding hydrogens is 317 g/mol. The Labute approximate surface area is 130 Å². The second-order valence-electron chi connectivity index (χ2n) is 3.95. The van der Waals surface area contributed by atoms with Crippen LogP contribution >= 0.6 is 23.2 Å². The number of carbonyl (C=O) groups excluding carboxylic acids is 2. The maximum absolute atomic E-state index is 11.5. The average molecular weight is 328 g/mol. The molecule has 2 aromatic rings. The summed E-state index contributed by atoms with van der Waals surface area (Å²) in [6.45, 7) is -0.314. The molecule has 3 N–H and O–H groups in total. The van der Waals surface area contributed by atoms with Crippen LogP contribution in [0.2, 0.25) is 10.0 Å². The van der Waals surface area contributed by atoms with Gasteiger partial charge in [0.1, 0.15) is 11.4 Å². The molecule has 21 heavy (non-hydrogen) atoms. The van der Waals surface area contributed by atoms with Crippen molar-refractivity contribution in [3.63, 3.8) is 0 Å². The van der Waals surface area contributed by atoms with Crippen LogP contribution < -0.4 is 15.6 Å². The van der Waals surface area contributed by atoms with Crippen molar-refractivity contribution in [1.29, 1.82) is 0 Å². The summed E-state index contributed by atoms with van der Waals surface area (Å²) in [7, 11) is 0. The van der Waals surface area contributed by atoms with Gasteiger partial charge in [-0.25, -0.2) is 0 Å². The molecule has 0 spiro atoms. The van der Waals surface area contributed by atoms with Crippen molar-refractivity contribution in [3.05, 3.63) is 52.3 Å². The van der Waals surface area contributed by atoms with E-state index >= 15 is 0 Å². The molecular formula is C13H11Cl2N3O3. The molecule has 1 aromatic heterocycles. The average Bonchev–Trinajstić information content (AvgIpc) is 3.00. The largest absolute Gasteiger partial charge is 0.482 e. The number of H-pyrrole nitrogens is 1. The highest BCUT2D eigenvalue weighted by Crippen LogP contribution is 2.27. The van der Waals surface area contributed by atoms with Gasteiger partial charge in [0, 0.05) is 17.3 Å². The number of hydrazine groups is 1. The summed E-state index contributed by atoms with van der Waals surface area (Å²) in [6, 6.07) is 7.90. The number of aromatic nitrogens is 1. The van der Waals surface area contributed by atoms with Crippen LogP contribution in [0.1, 0.15) is 10.5 Å². The van der Waals surface area contributed by atoms with Crippen molar-refractivity contribution < 1.29 is 14.3 Å². The van der Waals surface area contributed by atoms with E-state index in [4.69, 9.17) is 27.9 Å². The number of amides is 2. The Bertz CT molecular complexity index is 644. The Morgan fingerprint density at radius 2 is 2.00 bits per heavy atom. The third-order valence-corrected chi connectivity index (χ3v) is 2.96. The number of rotatable bonds is 4. The van der Waals surface area contributed by atoms with Gasteiger partial charge in [-0.2, -0.15) is 0 Å². The molecule has 0 radical (unpaired) electrons. The normalized spacial score (nSPS) is 10.0. The summed E-state index contributed by atoms with van der Waals surface area (Å²) in [6.07, 6.45) is 1.60. The maximum atomic E-state index is 11.5. The molecule has 0 bridgehead atoms. The lowest BCUT2D eigenvalue weighted by molar-refractivity contribution is -0.123. The van der Waals surface area contributed by atoms with Crippen molar-refractivity contribution in [2.45, 2.75) is 0 Å². The molecule has 0 aliphatic heterocycles. The molecule has 110 valence electrons. The zero-order valence-corrected chi connectivity index (χ0v) is 12.2. The van der Waals surface area contributed by atoms with E-state index in [1.165, 1.54) is 6.07 Å².